The van der Waals surface area contributed by atoms with E-state index in [0.29, 0.717) is 25.7 Å². The van der Waals surface area contributed by atoms with E-state index in [-0.39, 0.29) is 6.03 Å². The van der Waals surface area contributed by atoms with E-state index >= 15 is 0 Å². The zero-order valence-corrected chi connectivity index (χ0v) is 21.6. The molecule has 3 rings (SSSR count). The first-order chi connectivity index (χ1) is 16.5. The summed E-state index contributed by atoms with van der Waals surface area (Å²) in [6.07, 6.45) is 0.278. The van der Waals surface area contributed by atoms with Crippen LogP contribution in [0.2, 0.25) is 0 Å². The van der Waals surface area contributed by atoms with Crippen LogP contribution in [0.5, 0.6) is 5.75 Å². The first kappa shape index (κ1) is 25.9. The maximum atomic E-state index is 13.2. The number of ether oxygens (including phenoxy) is 2. The third-order valence-corrected chi connectivity index (χ3v) is 5.61. The van der Waals surface area contributed by atoms with Crippen molar-refractivity contribution in [3.05, 3.63) is 77.6 Å². The number of benzene rings is 2. The summed E-state index contributed by atoms with van der Waals surface area (Å²) < 4.78 is 10.9. The second-order valence-corrected chi connectivity index (χ2v) is 9.83. The predicted molar refractivity (Wildman–Crippen MR) is 136 cm³/mol. The summed E-state index contributed by atoms with van der Waals surface area (Å²) in [5, 5.41) is 0. The van der Waals surface area contributed by atoms with Crippen LogP contribution in [0.15, 0.2) is 60.9 Å². The Hall–Kier alpha value is -3.68. The highest BCUT2D eigenvalue weighted by Gasteiger charge is 2.31. The Morgan fingerprint density at radius 3 is 2.17 bits per heavy atom. The van der Waals surface area contributed by atoms with Crippen LogP contribution in [0.25, 0.3) is 0 Å². The number of carbonyl (C=O) groups is 2. The van der Waals surface area contributed by atoms with Crippen molar-refractivity contribution in [1.82, 2.24) is 19.6 Å². The molecule has 0 radical (unpaired) electrons. The zero-order chi connectivity index (χ0) is 25.8. The normalized spacial score (nSPS) is 14.1. The van der Waals surface area contributed by atoms with Crippen molar-refractivity contribution in [2.45, 2.75) is 39.3 Å². The van der Waals surface area contributed by atoms with Gasteiger partial charge in [-0.05, 0) is 56.0 Å². The third kappa shape index (κ3) is 6.91. The van der Waals surface area contributed by atoms with Gasteiger partial charge in [-0.3, -0.25) is 4.90 Å². The molecule has 1 fully saturated rings. The van der Waals surface area contributed by atoms with Crippen LogP contribution in [0.4, 0.5) is 9.59 Å². The topological polar surface area (TPSA) is 65.6 Å². The van der Waals surface area contributed by atoms with E-state index < -0.39 is 11.7 Å². The van der Waals surface area contributed by atoms with Crippen molar-refractivity contribution in [1.29, 1.82) is 0 Å². The molecule has 0 N–H and O–H groups in total. The van der Waals surface area contributed by atoms with Gasteiger partial charge < -0.3 is 24.2 Å². The van der Waals surface area contributed by atoms with Gasteiger partial charge in [0.25, 0.3) is 0 Å². The van der Waals surface area contributed by atoms with Crippen LogP contribution in [0.3, 0.4) is 0 Å². The zero-order valence-electron chi connectivity index (χ0n) is 21.6. The van der Waals surface area contributed by atoms with Gasteiger partial charge in [-0.2, -0.15) is 0 Å². The minimum Gasteiger partial charge on any atom is -0.497 e. The highest BCUT2D eigenvalue weighted by molar-refractivity contribution is 5.74. The number of amides is 3. The van der Waals surface area contributed by atoms with Crippen LogP contribution in [-0.4, -0.2) is 71.9 Å². The van der Waals surface area contributed by atoms with Gasteiger partial charge in [0.1, 0.15) is 17.2 Å². The van der Waals surface area contributed by atoms with Gasteiger partial charge in [0.2, 0.25) is 0 Å². The predicted octanol–water partition coefficient (Wildman–Crippen LogP) is 4.71. The van der Waals surface area contributed by atoms with Gasteiger partial charge in [0.15, 0.2) is 0 Å². The average Bonchev–Trinajstić information content (AvgIpc) is 2.80. The van der Waals surface area contributed by atoms with Crippen molar-refractivity contribution in [2.75, 3.05) is 34.5 Å². The molecule has 0 atom stereocenters. The Labute approximate surface area is 208 Å². The Morgan fingerprint density at radius 2 is 1.60 bits per heavy atom. The lowest BCUT2D eigenvalue weighted by atomic mass is 10.0. The third-order valence-electron chi connectivity index (χ3n) is 5.61. The van der Waals surface area contributed by atoms with Crippen molar-refractivity contribution < 1.29 is 19.1 Å². The van der Waals surface area contributed by atoms with Gasteiger partial charge >= 0.3 is 12.1 Å². The van der Waals surface area contributed by atoms with E-state index in [4.69, 9.17) is 9.47 Å². The highest BCUT2D eigenvalue weighted by Crippen LogP contribution is 2.22. The molecule has 0 saturated carbocycles. The fourth-order valence-corrected chi connectivity index (χ4v) is 3.88. The largest absolute Gasteiger partial charge is 0.497 e. The fourth-order valence-electron chi connectivity index (χ4n) is 3.88. The van der Waals surface area contributed by atoms with E-state index in [1.165, 1.54) is 10.5 Å². The molecular weight excluding hydrogens is 444 g/mol. The molecule has 3 amide bonds. The summed E-state index contributed by atoms with van der Waals surface area (Å²) >= 11 is 0. The molecule has 0 unspecified atom stereocenters. The Balaban J connectivity index is 1.81. The molecule has 0 aliphatic carbocycles. The van der Waals surface area contributed by atoms with Crippen molar-refractivity contribution in [3.63, 3.8) is 0 Å². The molecule has 2 aromatic rings. The first-order valence-electron chi connectivity index (χ1n) is 11.6. The number of rotatable bonds is 7. The van der Waals surface area contributed by atoms with Crippen LogP contribution < -0.4 is 4.74 Å². The van der Waals surface area contributed by atoms with Crippen molar-refractivity contribution in [2.24, 2.45) is 0 Å². The highest BCUT2D eigenvalue weighted by atomic mass is 16.6. The molecule has 0 bridgehead atoms. The molecule has 35 heavy (non-hydrogen) atoms. The van der Waals surface area contributed by atoms with Gasteiger partial charge in [-0.15, -0.1) is 0 Å². The lowest BCUT2D eigenvalue weighted by Gasteiger charge is -2.43. The molecule has 2 aromatic carbocycles. The smallest absolute Gasteiger partial charge is 0.416 e. The fraction of sp³-hybridized carbons (Fsp3) is 0.407. The number of nitrogens with zero attached hydrogens (tertiary/aromatic N) is 4. The minimum atomic E-state index is -0.655. The molecule has 188 valence electrons. The lowest BCUT2D eigenvalue weighted by Crippen LogP contribution is -2.56. The van der Waals surface area contributed by atoms with Crippen LogP contribution in [0.1, 0.15) is 37.5 Å². The van der Waals surface area contributed by atoms with Gasteiger partial charge in [-0.25, -0.2) is 9.59 Å². The summed E-state index contributed by atoms with van der Waals surface area (Å²) in [7, 11) is 5.10. The molecule has 1 aliphatic rings. The van der Waals surface area contributed by atoms with Crippen LogP contribution in [-0.2, 0) is 17.7 Å². The SMILES string of the molecule is C=C(N1CN(C)C(=O)N(C)C1)N(Cc1cccc(Cc2ccc(OC)cc2)c1)C(=O)OC(C)(C)C. The van der Waals surface area contributed by atoms with Gasteiger partial charge in [-0.1, -0.05) is 43.0 Å². The Morgan fingerprint density at radius 1 is 1.00 bits per heavy atom. The van der Waals surface area contributed by atoms with E-state index in [0.717, 1.165) is 23.3 Å². The van der Waals surface area contributed by atoms with Crippen molar-refractivity contribution in [3.8, 4) is 5.75 Å². The minimum absolute atomic E-state index is 0.0795. The number of carbonyl (C=O) groups excluding carboxylic acids is 2. The summed E-state index contributed by atoms with van der Waals surface area (Å²) in [4.78, 5) is 32.0. The van der Waals surface area contributed by atoms with E-state index in [1.807, 2.05) is 62.1 Å². The number of methoxy groups -OCH3 is 1. The quantitative estimate of drug-likeness (QED) is 0.574. The maximum Gasteiger partial charge on any atom is 0.416 e. The van der Waals surface area contributed by atoms with Crippen LogP contribution in [0, 0.1) is 0 Å². The number of urea groups is 1. The monoisotopic (exact) mass is 480 g/mol. The number of hydrogen-bond acceptors (Lipinski definition) is 5. The van der Waals surface area contributed by atoms with E-state index in [2.05, 4.69) is 18.7 Å². The number of hydrogen-bond donors (Lipinski definition) is 0. The molecule has 1 saturated heterocycles. The molecule has 8 nitrogen and oxygen atoms in total. The van der Waals surface area contributed by atoms with Gasteiger partial charge in [0, 0.05) is 14.1 Å². The molecule has 1 heterocycles. The van der Waals surface area contributed by atoms with Crippen LogP contribution >= 0.6 is 0 Å². The Bertz CT molecular complexity index is 1050. The maximum absolute atomic E-state index is 13.2. The lowest BCUT2D eigenvalue weighted by molar-refractivity contribution is 0.0126. The van der Waals surface area contributed by atoms with Crippen molar-refractivity contribution >= 4 is 12.1 Å². The molecule has 0 spiro atoms. The average molecular weight is 481 g/mol. The Kier molecular flexibility index (Phi) is 7.94. The van der Waals surface area contributed by atoms with E-state index in [9.17, 15) is 9.59 Å². The molecule has 8 heteroatoms. The second-order valence-electron chi connectivity index (χ2n) is 9.83. The standard InChI is InChI=1S/C27H36N4O4/c1-20(30-18-28(5)25(32)29(6)19-30)31(26(33)35-27(2,3)4)17-23-10-8-9-22(16-23)15-21-11-13-24(34-7)14-12-21/h8-14,16H,1,15,17-19H2,2-7H3. The van der Waals surface area contributed by atoms with E-state index in [1.54, 1.807) is 31.0 Å². The molecule has 1 aliphatic heterocycles. The molecule has 0 aromatic heterocycles. The summed E-state index contributed by atoms with van der Waals surface area (Å²) in [5.41, 5.74) is 2.60. The van der Waals surface area contributed by atoms with Gasteiger partial charge in [0.05, 0.1) is 27.0 Å². The summed E-state index contributed by atoms with van der Waals surface area (Å²) in [5.74, 6) is 1.30. The first-order valence-corrected chi connectivity index (χ1v) is 11.6. The summed E-state index contributed by atoms with van der Waals surface area (Å²) in [6, 6.07) is 16.0. The summed E-state index contributed by atoms with van der Waals surface area (Å²) in [6.45, 7) is 10.7. The second kappa shape index (κ2) is 10.7. The molecular formula is C27H36N4O4.